The number of aliphatic carboxylic acids is 1. The summed E-state index contributed by atoms with van der Waals surface area (Å²) in [5.74, 6) is -4.19. The number of benzene rings is 1. The average molecular weight is 733 g/mol. The van der Waals surface area contributed by atoms with Gasteiger partial charge >= 0.3 is 11.9 Å². The summed E-state index contributed by atoms with van der Waals surface area (Å²) in [6.07, 6.45) is 3.62. The number of nitrogens with one attached hydrogen (secondary N) is 3. The molecule has 0 aliphatic rings. The Balaban J connectivity index is 0.00000664. The second-order valence-corrected chi connectivity index (χ2v) is 12.5. The lowest BCUT2D eigenvalue weighted by molar-refractivity contribution is -0.211. The molecule has 1 aromatic heterocycles. The third kappa shape index (κ3) is 13.5. The number of rotatable bonds is 21. The van der Waals surface area contributed by atoms with Gasteiger partial charge in [-0.15, -0.1) is 0 Å². The van der Waals surface area contributed by atoms with E-state index in [2.05, 4.69) is 16.0 Å². The number of amides is 4. The van der Waals surface area contributed by atoms with Crippen LogP contribution in [0.3, 0.4) is 0 Å². The number of carboxylic acid groups (broad SMARTS) is 1. The highest BCUT2D eigenvalue weighted by Gasteiger charge is 2.35. The smallest absolute Gasteiger partial charge is 0.337 e. The van der Waals surface area contributed by atoms with Crippen molar-refractivity contribution in [2.24, 2.45) is 11.3 Å². The van der Waals surface area contributed by atoms with Gasteiger partial charge < -0.3 is 44.9 Å². The third-order valence-electron chi connectivity index (χ3n) is 7.66. The van der Waals surface area contributed by atoms with Crippen molar-refractivity contribution >= 4 is 42.4 Å². The molecule has 2 aromatic rings. The lowest BCUT2D eigenvalue weighted by Crippen LogP contribution is -2.49. The number of hydrogen-bond acceptors (Lipinski definition) is 11. The molecule has 16 heteroatoms. The van der Waals surface area contributed by atoms with Gasteiger partial charge in [0, 0.05) is 19.1 Å². The van der Waals surface area contributed by atoms with E-state index >= 15 is 0 Å². The van der Waals surface area contributed by atoms with Crippen molar-refractivity contribution in [2.75, 3.05) is 20.4 Å². The summed E-state index contributed by atoms with van der Waals surface area (Å²) in [4.78, 5) is 91.1. The molecule has 3 atom stereocenters. The van der Waals surface area contributed by atoms with Crippen LogP contribution in [0.1, 0.15) is 101 Å². The number of carbonyl (C=O) groups is 7. The van der Waals surface area contributed by atoms with Crippen LogP contribution in [0.5, 0.6) is 5.75 Å². The predicted octanol–water partition coefficient (Wildman–Crippen LogP) is 3.47. The Morgan fingerprint density at radius 2 is 1.65 bits per heavy atom. The van der Waals surface area contributed by atoms with Crippen LogP contribution >= 0.6 is 0 Å². The molecular formula is C36H52N4O12. The molecule has 0 fully saturated rings. The third-order valence-corrected chi connectivity index (χ3v) is 7.66. The van der Waals surface area contributed by atoms with Crippen LogP contribution in [-0.4, -0.2) is 90.1 Å². The quantitative estimate of drug-likeness (QED) is 0.0538. The number of ether oxygens (including phenoxy) is 1. The molecule has 52 heavy (non-hydrogen) atoms. The van der Waals surface area contributed by atoms with Gasteiger partial charge in [0.25, 0.3) is 11.8 Å². The maximum Gasteiger partial charge on any atom is 0.337 e. The van der Waals surface area contributed by atoms with E-state index in [-0.39, 0.29) is 36.1 Å². The fourth-order valence-corrected chi connectivity index (χ4v) is 4.89. The van der Waals surface area contributed by atoms with Crippen molar-refractivity contribution in [3.05, 3.63) is 41.7 Å². The summed E-state index contributed by atoms with van der Waals surface area (Å²) in [5, 5.41) is 24.7. The molecule has 0 bridgehead atoms. The number of unbranched alkanes of at least 4 members (excludes halogenated alkanes) is 2. The number of aldehydes is 1. The van der Waals surface area contributed by atoms with Gasteiger partial charge in [-0.1, -0.05) is 39.2 Å². The standard InChI is InChI=1S/C35H48N4O11.CH4O/c1-7-10-11-12-23(26(8-2)39(21-41)50-34(47)35(4,5)6)30(42)36-20-37-32(44)28-16-15-27(49-28)22-13-14-24(29(19-22)48-9-3)31(43)38-25(17-18-40)33(45)46;1-2/h13-16,18-19,21,23,25-26H,7-12,17,20H2,1-6H3,(H,36,42)(H,37,44)(H,38,43)(H,45,46);2H,1H3. The van der Waals surface area contributed by atoms with Gasteiger partial charge in [-0.05, 0) is 64.8 Å². The zero-order valence-corrected chi connectivity index (χ0v) is 30.9. The maximum absolute atomic E-state index is 13.4. The van der Waals surface area contributed by atoms with Gasteiger partial charge in [0.05, 0.1) is 36.2 Å². The van der Waals surface area contributed by atoms with Crippen LogP contribution in [0.2, 0.25) is 0 Å². The highest BCUT2D eigenvalue weighted by Crippen LogP contribution is 2.29. The normalized spacial score (nSPS) is 12.5. The summed E-state index contributed by atoms with van der Waals surface area (Å²) < 4.78 is 11.3. The van der Waals surface area contributed by atoms with E-state index in [1.165, 1.54) is 30.3 Å². The number of hydrogen-bond donors (Lipinski definition) is 5. The molecule has 1 heterocycles. The van der Waals surface area contributed by atoms with Crippen LogP contribution in [0.25, 0.3) is 11.3 Å². The Labute approximate surface area is 303 Å². The summed E-state index contributed by atoms with van der Waals surface area (Å²) in [5.41, 5.74) is -0.380. The van der Waals surface area contributed by atoms with E-state index < -0.39 is 59.5 Å². The fraction of sp³-hybridized carbons (Fsp3) is 0.528. The van der Waals surface area contributed by atoms with Crippen molar-refractivity contribution in [2.45, 2.75) is 92.2 Å². The largest absolute Gasteiger partial charge is 0.493 e. The first-order valence-corrected chi connectivity index (χ1v) is 17.0. The number of aliphatic hydroxyl groups is 1. The lowest BCUT2D eigenvalue weighted by Gasteiger charge is -2.33. The summed E-state index contributed by atoms with van der Waals surface area (Å²) in [7, 11) is 1.00. The van der Waals surface area contributed by atoms with Crippen molar-refractivity contribution in [3.8, 4) is 17.1 Å². The minimum Gasteiger partial charge on any atom is -0.493 e. The minimum atomic E-state index is -1.41. The van der Waals surface area contributed by atoms with E-state index in [1.54, 1.807) is 34.6 Å². The zero-order valence-electron chi connectivity index (χ0n) is 30.9. The molecule has 5 N–H and O–H groups in total. The van der Waals surface area contributed by atoms with Crippen LogP contribution in [-0.2, 0) is 28.8 Å². The average Bonchev–Trinajstić information content (AvgIpc) is 3.61. The van der Waals surface area contributed by atoms with Crippen LogP contribution in [0, 0.1) is 11.3 Å². The maximum atomic E-state index is 13.4. The number of carbonyl (C=O) groups excluding carboxylic acids is 6. The van der Waals surface area contributed by atoms with E-state index in [0.717, 1.165) is 25.0 Å². The van der Waals surface area contributed by atoms with E-state index in [4.69, 9.17) is 19.1 Å². The Kier molecular flexibility index (Phi) is 19.4. The van der Waals surface area contributed by atoms with Crippen molar-refractivity contribution in [3.63, 3.8) is 0 Å². The Bertz CT molecular complexity index is 1500. The van der Waals surface area contributed by atoms with Gasteiger partial charge in [0.1, 0.15) is 23.8 Å². The van der Waals surface area contributed by atoms with Gasteiger partial charge in [-0.25, -0.2) is 9.59 Å². The molecule has 288 valence electrons. The van der Waals surface area contributed by atoms with E-state index in [9.17, 15) is 38.7 Å². The highest BCUT2D eigenvalue weighted by molar-refractivity contribution is 6.00. The summed E-state index contributed by atoms with van der Waals surface area (Å²) in [6.45, 7) is 10.4. The number of hydroxylamine groups is 2. The molecule has 0 spiro atoms. The summed E-state index contributed by atoms with van der Waals surface area (Å²) in [6, 6.07) is 5.25. The Hall–Kier alpha value is -5.25. The van der Waals surface area contributed by atoms with Gasteiger partial charge in [0.2, 0.25) is 12.3 Å². The molecule has 0 aliphatic carbocycles. The van der Waals surface area contributed by atoms with E-state index in [0.29, 0.717) is 37.5 Å². The van der Waals surface area contributed by atoms with Gasteiger partial charge in [0.15, 0.2) is 5.76 Å². The number of carboxylic acids is 1. The molecule has 3 unspecified atom stereocenters. The molecular weight excluding hydrogens is 680 g/mol. The molecule has 16 nitrogen and oxygen atoms in total. The molecule has 2 rings (SSSR count). The summed E-state index contributed by atoms with van der Waals surface area (Å²) >= 11 is 0. The van der Waals surface area contributed by atoms with E-state index in [1.807, 2.05) is 6.92 Å². The number of furan rings is 1. The fourth-order valence-electron chi connectivity index (χ4n) is 4.89. The second-order valence-electron chi connectivity index (χ2n) is 12.5. The second kappa shape index (κ2) is 22.5. The van der Waals surface area contributed by atoms with Crippen molar-refractivity contribution in [1.29, 1.82) is 0 Å². The first-order valence-electron chi connectivity index (χ1n) is 17.0. The molecule has 1 aromatic carbocycles. The van der Waals surface area contributed by atoms with Crippen LogP contribution < -0.4 is 20.7 Å². The van der Waals surface area contributed by atoms with Gasteiger partial charge in [-0.2, -0.15) is 5.06 Å². The first kappa shape index (κ1) is 44.8. The zero-order chi connectivity index (χ0) is 39.4. The Morgan fingerprint density at radius 1 is 0.962 bits per heavy atom. The Morgan fingerprint density at radius 3 is 2.21 bits per heavy atom. The topological polar surface area (TPSA) is 231 Å². The highest BCUT2D eigenvalue weighted by atomic mass is 16.7. The first-order chi connectivity index (χ1) is 24.7. The molecule has 4 amide bonds. The lowest BCUT2D eigenvalue weighted by atomic mass is 9.90. The van der Waals surface area contributed by atoms with Crippen molar-refractivity contribution < 1.29 is 57.8 Å². The number of nitrogens with zero attached hydrogens (tertiary/aromatic N) is 1. The monoisotopic (exact) mass is 732 g/mol. The molecule has 0 saturated heterocycles. The minimum absolute atomic E-state index is 0.0370. The molecule has 0 radical (unpaired) electrons. The van der Waals surface area contributed by atoms with Crippen molar-refractivity contribution in [1.82, 2.24) is 21.0 Å². The number of aliphatic hydroxyl groups excluding tert-OH is 1. The molecule has 0 aliphatic heterocycles. The predicted molar refractivity (Wildman–Crippen MR) is 189 cm³/mol. The molecule has 0 saturated carbocycles. The van der Waals surface area contributed by atoms with Gasteiger partial charge in [-0.3, -0.25) is 19.2 Å². The van der Waals surface area contributed by atoms with Crippen LogP contribution in [0.4, 0.5) is 0 Å². The van der Waals surface area contributed by atoms with Crippen LogP contribution in [0.15, 0.2) is 34.7 Å². The SMILES string of the molecule is CCCCCC(C(=O)NCNC(=O)c1ccc(-c2ccc(C(=O)NC(CC=O)C(=O)O)c(OCC)c2)o1)C(CC)N(C=O)OC(=O)C(C)(C)C.CO.